The Bertz CT molecular complexity index is 109. The largest absolute Gasteiger partial charge is 0.103 e. The molecule has 0 saturated carbocycles. The maximum absolute atomic E-state index is 3.73. The first-order valence-electron chi connectivity index (χ1n) is 3.84. The molecule has 0 fully saturated rings. The van der Waals surface area contributed by atoms with E-state index >= 15 is 0 Å². The molecule has 0 heterocycles. The van der Waals surface area contributed by atoms with Crippen LogP contribution in [0.15, 0.2) is 25.3 Å². The fourth-order valence-corrected chi connectivity index (χ4v) is 0.986. The molecule has 0 nitrogen and oxygen atoms in total. The van der Waals surface area contributed by atoms with E-state index in [0.717, 1.165) is 12.8 Å². The van der Waals surface area contributed by atoms with Crippen LogP contribution in [0.2, 0.25) is 0 Å². The predicted octanol–water partition coefficient (Wildman–Crippen LogP) is 3.55. The van der Waals surface area contributed by atoms with E-state index in [1.807, 2.05) is 12.2 Å². The van der Waals surface area contributed by atoms with Gasteiger partial charge in [-0.1, -0.05) is 26.0 Å². The van der Waals surface area contributed by atoms with E-state index in [4.69, 9.17) is 0 Å². The standard InChI is InChI=1S/C10H18/c1-5-7-9-10(3,4)8-6-2/h5-6H,1-2,7-9H2,3-4H3. The minimum atomic E-state index is 0.413. The molecule has 0 saturated heterocycles. The van der Waals surface area contributed by atoms with E-state index in [0.29, 0.717) is 5.41 Å². The zero-order valence-electron chi connectivity index (χ0n) is 7.19. The molecule has 58 valence electrons. The second-order valence-corrected chi connectivity index (χ2v) is 3.48. The molecule has 0 aromatic carbocycles. The van der Waals surface area contributed by atoms with Crippen molar-refractivity contribution >= 4 is 0 Å². The number of hydrogen-bond donors (Lipinski definition) is 0. The molecular formula is C10H18. The van der Waals surface area contributed by atoms with Crippen molar-refractivity contribution in [2.24, 2.45) is 5.41 Å². The highest BCUT2D eigenvalue weighted by Gasteiger charge is 2.13. The van der Waals surface area contributed by atoms with Crippen LogP contribution in [-0.4, -0.2) is 0 Å². The van der Waals surface area contributed by atoms with Crippen LogP contribution in [0, 0.1) is 5.41 Å². The van der Waals surface area contributed by atoms with Gasteiger partial charge in [0.15, 0.2) is 0 Å². The van der Waals surface area contributed by atoms with Gasteiger partial charge in [0, 0.05) is 0 Å². The van der Waals surface area contributed by atoms with Crippen LogP contribution in [0.1, 0.15) is 33.1 Å². The fraction of sp³-hybridized carbons (Fsp3) is 0.600. The van der Waals surface area contributed by atoms with Gasteiger partial charge in [-0.15, -0.1) is 13.2 Å². The average Bonchev–Trinajstić information content (AvgIpc) is 1.84. The van der Waals surface area contributed by atoms with Gasteiger partial charge in [-0.05, 0) is 24.7 Å². The third kappa shape index (κ3) is 4.37. The molecule has 0 aromatic rings. The van der Waals surface area contributed by atoms with E-state index in [1.165, 1.54) is 6.42 Å². The van der Waals surface area contributed by atoms with Gasteiger partial charge in [-0.25, -0.2) is 0 Å². The molecule has 0 amide bonds. The first-order valence-corrected chi connectivity index (χ1v) is 3.84. The fourth-order valence-electron chi connectivity index (χ4n) is 0.986. The van der Waals surface area contributed by atoms with Gasteiger partial charge in [0.2, 0.25) is 0 Å². The van der Waals surface area contributed by atoms with Crippen LogP contribution < -0.4 is 0 Å². The van der Waals surface area contributed by atoms with Crippen LogP contribution in [0.4, 0.5) is 0 Å². The summed E-state index contributed by atoms with van der Waals surface area (Å²) < 4.78 is 0. The summed E-state index contributed by atoms with van der Waals surface area (Å²) in [5, 5.41) is 0. The van der Waals surface area contributed by atoms with E-state index < -0.39 is 0 Å². The van der Waals surface area contributed by atoms with Crippen LogP contribution >= 0.6 is 0 Å². The summed E-state index contributed by atoms with van der Waals surface area (Å²) >= 11 is 0. The smallest absolute Gasteiger partial charge is 0.0302 e. The van der Waals surface area contributed by atoms with E-state index in [-0.39, 0.29) is 0 Å². The zero-order valence-corrected chi connectivity index (χ0v) is 7.19. The second kappa shape index (κ2) is 4.32. The third-order valence-electron chi connectivity index (χ3n) is 1.72. The van der Waals surface area contributed by atoms with Crippen molar-refractivity contribution in [3.05, 3.63) is 25.3 Å². The highest BCUT2D eigenvalue weighted by molar-refractivity contribution is 4.81. The second-order valence-electron chi connectivity index (χ2n) is 3.48. The van der Waals surface area contributed by atoms with Crippen molar-refractivity contribution in [1.29, 1.82) is 0 Å². The highest BCUT2D eigenvalue weighted by atomic mass is 14.2. The minimum Gasteiger partial charge on any atom is -0.103 e. The molecule has 0 bridgehead atoms. The van der Waals surface area contributed by atoms with Crippen LogP contribution in [0.5, 0.6) is 0 Å². The van der Waals surface area contributed by atoms with Crippen LogP contribution in [0.25, 0.3) is 0 Å². The Morgan fingerprint density at radius 3 is 2.20 bits per heavy atom. The van der Waals surface area contributed by atoms with Gasteiger partial charge < -0.3 is 0 Å². The van der Waals surface area contributed by atoms with Crippen molar-refractivity contribution in [3.63, 3.8) is 0 Å². The van der Waals surface area contributed by atoms with Crippen molar-refractivity contribution in [1.82, 2.24) is 0 Å². The van der Waals surface area contributed by atoms with Crippen LogP contribution in [-0.2, 0) is 0 Å². The Labute approximate surface area is 64.6 Å². The number of hydrogen-bond acceptors (Lipinski definition) is 0. The van der Waals surface area contributed by atoms with Gasteiger partial charge in [0.25, 0.3) is 0 Å². The Morgan fingerprint density at radius 1 is 1.20 bits per heavy atom. The van der Waals surface area contributed by atoms with E-state index in [2.05, 4.69) is 27.0 Å². The van der Waals surface area contributed by atoms with Crippen molar-refractivity contribution in [2.75, 3.05) is 0 Å². The summed E-state index contributed by atoms with van der Waals surface area (Å²) in [5.74, 6) is 0. The quantitative estimate of drug-likeness (QED) is 0.510. The predicted molar refractivity (Wildman–Crippen MR) is 48.0 cm³/mol. The molecule has 0 atom stereocenters. The van der Waals surface area contributed by atoms with Gasteiger partial charge in [0.05, 0.1) is 0 Å². The molecule has 0 spiro atoms. The maximum Gasteiger partial charge on any atom is -0.0302 e. The SMILES string of the molecule is C=CCCC(C)(C)CC=C. The van der Waals surface area contributed by atoms with Gasteiger partial charge in [-0.3, -0.25) is 0 Å². The zero-order chi connectivity index (χ0) is 8.04. The average molecular weight is 138 g/mol. The lowest BCUT2D eigenvalue weighted by Crippen LogP contribution is -2.08. The molecule has 0 heteroatoms. The molecule has 0 rings (SSSR count). The summed E-state index contributed by atoms with van der Waals surface area (Å²) in [4.78, 5) is 0. The summed E-state index contributed by atoms with van der Waals surface area (Å²) in [6, 6.07) is 0. The van der Waals surface area contributed by atoms with Gasteiger partial charge >= 0.3 is 0 Å². The molecular weight excluding hydrogens is 120 g/mol. The van der Waals surface area contributed by atoms with E-state index in [1.54, 1.807) is 0 Å². The molecule has 0 aliphatic heterocycles. The topological polar surface area (TPSA) is 0 Å². The lowest BCUT2D eigenvalue weighted by Gasteiger charge is -2.21. The monoisotopic (exact) mass is 138 g/mol. The van der Waals surface area contributed by atoms with Gasteiger partial charge in [0.1, 0.15) is 0 Å². The molecule has 0 aliphatic rings. The first kappa shape index (κ1) is 9.48. The molecule has 10 heavy (non-hydrogen) atoms. The lowest BCUT2D eigenvalue weighted by atomic mass is 9.84. The molecule has 0 aromatic heterocycles. The Morgan fingerprint density at radius 2 is 1.80 bits per heavy atom. The molecule has 0 unspecified atom stereocenters. The number of rotatable bonds is 5. The molecule has 0 aliphatic carbocycles. The van der Waals surface area contributed by atoms with Crippen LogP contribution in [0.3, 0.4) is 0 Å². The Kier molecular flexibility index (Phi) is 4.10. The first-order chi connectivity index (χ1) is 4.62. The normalized spacial score (nSPS) is 11.0. The highest BCUT2D eigenvalue weighted by Crippen LogP contribution is 2.26. The number of allylic oxidation sites excluding steroid dienone is 2. The van der Waals surface area contributed by atoms with Gasteiger partial charge in [-0.2, -0.15) is 0 Å². The summed E-state index contributed by atoms with van der Waals surface area (Å²) in [7, 11) is 0. The summed E-state index contributed by atoms with van der Waals surface area (Å²) in [5.41, 5.74) is 0.413. The Balaban J connectivity index is 3.61. The molecule has 0 radical (unpaired) electrons. The van der Waals surface area contributed by atoms with Crippen molar-refractivity contribution in [3.8, 4) is 0 Å². The minimum absolute atomic E-state index is 0.413. The summed E-state index contributed by atoms with van der Waals surface area (Å²) in [6.45, 7) is 12.0. The van der Waals surface area contributed by atoms with Crippen molar-refractivity contribution in [2.45, 2.75) is 33.1 Å². The Hall–Kier alpha value is -0.520. The molecule has 0 N–H and O–H groups in total. The lowest BCUT2D eigenvalue weighted by molar-refractivity contribution is 0.343. The summed E-state index contributed by atoms with van der Waals surface area (Å²) in [6.07, 6.45) is 7.39. The third-order valence-corrected chi connectivity index (χ3v) is 1.72. The maximum atomic E-state index is 3.73. The van der Waals surface area contributed by atoms with E-state index in [9.17, 15) is 0 Å². The van der Waals surface area contributed by atoms with Crippen molar-refractivity contribution < 1.29 is 0 Å².